The number of aromatic amines is 1. The highest BCUT2D eigenvalue weighted by Crippen LogP contribution is 2.45. The lowest BCUT2D eigenvalue weighted by molar-refractivity contribution is -0.119. The van der Waals surface area contributed by atoms with Crippen molar-refractivity contribution in [3.05, 3.63) is 41.1 Å². The van der Waals surface area contributed by atoms with E-state index in [1.165, 1.54) is 0 Å². The van der Waals surface area contributed by atoms with Gasteiger partial charge in [-0.25, -0.2) is 0 Å². The molecular weight excluding hydrogens is 354 g/mol. The minimum atomic E-state index is -0.145. The van der Waals surface area contributed by atoms with Crippen molar-refractivity contribution in [2.45, 2.75) is 51.1 Å². The molecule has 1 saturated carbocycles. The molecule has 144 valence electrons. The van der Waals surface area contributed by atoms with Crippen LogP contribution in [0.5, 0.6) is 0 Å². The summed E-state index contributed by atoms with van der Waals surface area (Å²) in [5.74, 6) is 0.195. The summed E-state index contributed by atoms with van der Waals surface area (Å²) in [7, 11) is 0. The van der Waals surface area contributed by atoms with Gasteiger partial charge in [0.25, 0.3) is 5.91 Å². The number of amides is 2. The quantitative estimate of drug-likeness (QED) is 0.836. The van der Waals surface area contributed by atoms with Crippen LogP contribution in [0.2, 0.25) is 0 Å². The maximum Gasteiger partial charge on any atom is 0.272 e. The normalized spacial score (nSPS) is 18.8. The summed E-state index contributed by atoms with van der Waals surface area (Å²) in [6, 6.07) is 9.21. The van der Waals surface area contributed by atoms with Gasteiger partial charge in [-0.2, -0.15) is 10.4 Å². The van der Waals surface area contributed by atoms with E-state index in [2.05, 4.69) is 21.6 Å². The summed E-state index contributed by atoms with van der Waals surface area (Å²) in [6.45, 7) is 4.42. The van der Waals surface area contributed by atoms with Crippen molar-refractivity contribution in [2.75, 3.05) is 6.54 Å². The first-order chi connectivity index (χ1) is 13.5. The third kappa shape index (κ3) is 3.26. The minimum absolute atomic E-state index is 0.0197. The van der Waals surface area contributed by atoms with Gasteiger partial charge in [-0.1, -0.05) is 12.1 Å². The molecule has 2 aromatic rings. The largest absolute Gasteiger partial charge is 0.354 e. The number of nitriles is 1. The number of hydrogen-bond donors (Lipinski definition) is 2. The van der Waals surface area contributed by atoms with Crippen LogP contribution in [-0.4, -0.2) is 45.5 Å². The Balaban J connectivity index is 1.71. The fraction of sp³-hybridized carbons (Fsp3) is 0.429. The van der Waals surface area contributed by atoms with Crippen molar-refractivity contribution in [3.8, 4) is 17.3 Å². The van der Waals surface area contributed by atoms with E-state index in [4.69, 9.17) is 5.26 Å². The number of benzene rings is 1. The van der Waals surface area contributed by atoms with Crippen LogP contribution in [0.25, 0.3) is 11.3 Å². The van der Waals surface area contributed by atoms with Gasteiger partial charge in [-0.05, 0) is 44.7 Å². The molecule has 1 atom stereocenters. The first kappa shape index (κ1) is 18.2. The monoisotopic (exact) mass is 377 g/mol. The summed E-state index contributed by atoms with van der Waals surface area (Å²) < 4.78 is 0. The van der Waals surface area contributed by atoms with Gasteiger partial charge in [0, 0.05) is 30.1 Å². The molecule has 7 nitrogen and oxygen atoms in total. The highest BCUT2D eigenvalue weighted by atomic mass is 16.2. The van der Waals surface area contributed by atoms with E-state index < -0.39 is 0 Å². The molecule has 28 heavy (non-hydrogen) atoms. The van der Waals surface area contributed by atoms with E-state index in [0.29, 0.717) is 30.1 Å². The molecule has 1 aromatic heterocycles. The Labute approximate surface area is 163 Å². The molecule has 1 aromatic carbocycles. The van der Waals surface area contributed by atoms with Gasteiger partial charge < -0.3 is 10.2 Å². The second kappa shape index (κ2) is 7.12. The van der Waals surface area contributed by atoms with Gasteiger partial charge in [0.15, 0.2) is 0 Å². The number of carbonyl (C=O) groups is 2. The van der Waals surface area contributed by atoms with Crippen molar-refractivity contribution in [1.29, 1.82) is 5.26 Å². The van der Waals surface area contributed by atoms with E-state index >= 15 is 0 Å². The number of hydrogen-bond acceptors (Lipinski definition) is 4. The lowest BCUT2D eigenvalue weighted by Gasteiger charge is -2.31. The zero-order chi connectivity index (χ0) is 19.8. The zero-order valence-corrected chi connectivity index (χ0v) is 16.0. The van der Waals surface area contributed by atoms with Crippen LogP contribution in [0.4, 0.5) is 0 Å². The van der Waals surface area contributed by atoms with E-state index in [0.717, 1.165) is 29.7 Å². The number of nitrogens with one attached hydrogen (secondary N) is 2. The number of nitrogens with zero attached hydrogens (tertiary/aromatic N) is 3. The molecule has 0 spiro atoms. The second-order valence-electron chi connectivity index (χ2n) is 7.79. The number of carbonyl (C=O) groups excluding carboxylic acids is 2. The van der Waals surface area contributed by atoms with Gasteiger partial charge >= 0.3 is 0 Å². The molecule has 1 saturated heterocycles. The molecule has 7 heteroatoms. The van der Waals surface area contributed by atoms with Crippen LogP contribution in [0.15, 0.2) is 24.3 Å². The third-order valence-electron chi connectivity index (χ3n) is 5.43. The van der Waals surface area contributed by atoms with E-state index in [1.54, 1.807) is 17.0 Å². The van der Waals surface area contributed by atoms with Crippen LogP contribution >= 0.6 is 0 Å². The van der Waals surface area contributed by atoms with Gasteiger partial charge in [-0.15, -0.1) is 0 Å². The Morgan fingerprint density at radius 1 is 1.29 bits per heavy atom. The highest BCUT2D eigenvalue weighted by Gasteiger charge is 2.38. The molecule has 4 rings (SSSR count). The molecule has 2 fully saturated rings. The van der Waals surface area contributed by atoms with Gasteiger partial charge in [0.1, 0.15) is 5.69 Å². The molecule has 0 radical (unpaired) electrons. The number of rotatable bonds is 5. The molecule has 2 N–H and O–H groups in total. The van der Waals surface area contributed by atoms with Crippen molar-refractivity contribution in [1.82, 2.24) is 20.4 Å². The topological polar surface area (TPSA) is 102 Å². The molecule has 2 amide bonds. The fourth-order valence-corrected chi connectivity index (χ4v) is 3.94. The Morgan fingerprint density at radius 3 is 2.54 bits per heavy atom. The second-order valence-corrected chi connectivity index (χ2v) is 7.79. The summed E-state index contributed by atoms with van der Waals surface area (Å²) in [4.78, 5) is 26.9. The zero-order valence-electron chi connectivity index (χ0n) is 16.0. The maximum atomic E-state index is 13.5. The predicted molar refractivity (Wildman–Crippen MR) is 103 cm³/mol. The predicted octanol–water partition coefficient (Wildman–Crippen LogP) is 2.56. The average molecular weight is 377 g/mol. The molecule has 2 heterocycles. The van der Waals surface area contributed by atoms with Crippen molar-refractivity contribution >= 4 is 11.8 Å². The van der Waals surface area contributed by atoms with Crippen LogP contribution in [0, 0.1) is 11.3 Å². The average Bonchev–Trinajstić information content (AvgIpc) is 3.29. The third-order valence-corrected chi connectivity index (χ3v) is 5.43. The Kier molecular flexibility index (Phi) is 4.63. The van der Waals surface area contributed by atoms with Crippen LogP contribution in [0.1, 0.15) is 60.6 Å². The minimum Gasteiger partial charge on any atom is -0.354 e. The van der Waals surface area contributed by atoms with Crippen LogP contribution in [0.3, 0.4) is 0 Å². The van der Waals surface area contributed by atoms with Crippen LogP contribution in [-0.2, 0) is 4.79 Å². The Bertz CT molecular complexity index is 950. The fourth-order valence-electron chi connectivity index (χ4n) is 3.94. The van der Waals surface area contributed by atoms with Crippen molar-refractivity contribution < 1.29 is 9.59 Å². The number of H-pyrrole nitrogens is 1. The Hall–Kier alpha value is -3.14. The summed E-state index contributed by atoms with van der Waals surface area (Å²) in [5, 5.41) is 19.3. The lowest BCUT2D eigenvalue weighted by atomic mass is 10.00. The smallest absolute Gasteiger partial charge is 0.272 e. The molecular formula is C21H23N5O2. The molecule has 1 aliphatic heterocycles. The van der Waals surface area contributed by atoms with Crippen LogP contribution < -0.4 is 5.32 Å². The highest BCUT2D eigenvalue weighted by molar-refractivity contribution is 5.97. The SMILES string of the molecule is CC(C)N(C(=O)c1[nH]nc(-c2ccc(C#N)cc2)c1C1CC1)[C@H]1CNC(=O)C1. The Morgan fingerprint density at radius 2 is 2.00 bits per heavy atom. The van der Waals surface area contributed by atoms with E-state index in [-0.39, 0.29) is 23.9 Å². The summed E-state index contributed by atoms with van der Waals surface area (Å²) in [5.41, 5.74) is 3.74. The molecule has 1 aliphatic carbocycles. The van der Waals surface area contributed by atoms with Gasteiger partial charge in [0.2, 0.25) is 5.91 Å². The summed E-state index contributed by atoms with van der Waals surface area (Å²) in [6.07, 6.45) is 2.40. The maximum absolute atomic E-state index is 13.5. The summed E-state index contributed by atoms with van der Waals surface area (Å²) >= 11 is 0. The lowest BCUT2D eigenvalue weighted by Crippen LogP contribution is -2.46. The van der Waals surface area contributed by atoms with E-state index in [9.17, 15) is 9.59 Å². The molecule has 2 aliphatic rings. The first-order valence-corrected chi connectivity index (χ1v) is 9.67. The van der Waals surface area contributed by atoms with Gasteiger partial charge in [-0.3, -0.25) is 14.7 Å². The van der Waals surface area contributed by atoms with Crippen molar-refractivity contribution in [3.63, 3.8) is 0 Å². The van der Waals surface area contributed by atoms with Gasteiger partial charge in [0.05, 0.1) is 23.4 Å². The van der Waals surface area contributed by atoms with Crippen molar-refractivity contribution in [2.24, 2.45) is 0 Å². The first-order valence-electron chi connectivity index (χ1n) is 9.67. The standard InChI is InChI=1S/C21H23N5O2/c1-12(2)26(16-9-17(27)23-11-16)21(28)20-18(14-7-8-14)19(24-25-20)15-5-3-13(10-22)4-6-15/h3-6,12,14,16H,7-9,11H2,1-2H3,(H,23,27)(H,24,25)/t16-/m1/s1. The van der Waals surface area contributed by atoms with E-state index in [1.807, 2.05) is 26.0 Å². The number of aromatic nitrogens is 2. The molecule has 0 bridgehead atoms. The molecule has 0 unspecified atom stereocenters.